The van der Waals surface area contributed by atoms with Crippen molar-refractivity contribution in [1.82, 2.24) is 0 Å². The van der Waals surface area contributed by atoms with Gasteiger partial charge in [-0.2, -0.15) is 0 Å². The minimum absolute atomic E-state index is 0. The Kier molecular flexibility index (Phi) is 5.97. The molecule has 0 aliphatic heterocycles. The number of carbonyl (C=O) groups excluding carboxylic acids is 1. The Bertz CT molecular complexity index is 311. The minimum atomic E-state index is -0.318. The molecule has 0 aliphatic rings. The molecular weight excluding hydrogens is 214 g/mol. The fourth-order valence-electron chi connectivity index (χ4n) is 1.22. The van der Waals surface area contributed by atoms with Crippen molar-refractivity contribution >= 4 is 18.4 Å². The van der Waals surface area contributed by atoms with Crippen LogP contribution in [0.3, 0.4) is 0 Å². The zero-order chi connectivity index (χ0) is 10.6. The first-order chi connectivity index (χ1) is 6.69. The van der Waals surface area contributed by atoms with Gasteiger partial charge < -0.3 is 10.5 Å². The molecule has 1 atom stereocenters. The van der Waals surface area contributed by atoms with Gasteiger partial charge in [0.25, 0.3) is 0 Å². The van der Waals surface area contributed by atoms with Crippen LogP contribution in [0.2, 0.25) is 0 Å². The van der Waals surface area contributed by atoms with Crippen LogP contribution in [0, 0.1) is 0 Å². The minimum Gasteiger partial charge on any atom is -0.465 e. The molecule has 0 aliphatic carbocycles. The van der Waals surface area contributed by atoms with Gasteiger partial charge in [0.2, 0.25) is 0 Å². The summed E-state index contributed by atoms with van der Waals surface area (Å²) in [5, 5.41) is 0. The summed E-state index contributed by atoms with van der Waals surface area (Å²) in [5.41, 5.74) is 7.43. The lowest BCUT2D eigenvalue weighted by molar-refractivity contribution is 0.0600. The van der Waals surface area contributed by atoms with E-state index in [1.165, 1.54) is 7.11 Å². The van der Waals surface area contributed by atoms with Crippen LogP contribution in [0.4, 0.5) is 0 Å². The third-order valence-corrected chi connectivity index (χ3v) is 2.20. The second-order valence-corrected chi connectivity index (χ2v) is 3.13. The Morgan fingerprint density at radius 3 is 2.33 bits per heavy atom. The molecule has 4 heteroatoms. The van der Waals surface area contributed by atoms with Crippen LogP contribution < -0.4 is 5.73 Å². The van der Waals surface area contributed by atoms with Crippen molar-refractivity contribution in [3.05, 3.63) is 35.4 Å². The topological polar surface area (TPSA) is 52.3 Å². The summed E-state index contributed by atoms with van der Waals surface area (Å²) in [6, 6.07) is 7.23. The first-order valence-electron chi connectivity index (χ1n) is 4.63. The monoisotopic (exact) mass is 229 g/mol. The summed E-state index contributed by atoms with van der Waals surface area (Å²) in [7, 11) is 1.37. The molecule has 0 bridgehead atoms. The summed E-state index contributed by atoms with van der Waals surface area (Å²) in [6.07, 6.45) is 0.886. The van der Waals surface area contributed by atoms with Gasteiger partial charge in [-0.15, -0.1) is 12.4 Å². The molecule has 1 aromatic rings. The zero-order valence-electron chi connectivity index (χ0n) is 8.90. The predicted octanol–water partition coefficient (Wildman–Crippen LogP) is 2.30. The third-order valence-electron chi connectivity index (χ3n) is 2.20. The Morgan fingerprint density at radius 2 is 1.93 bits per heavy atom. The number of hydrogen-bond donors (Lipinski definition) is 1. The normalized spacial score (nSPS) is 11.4. The number of methoxy groups -OCH3 is 1. The lowest BCUT2D eigenvalue weighted by atomic mass is 10.0. The predicted molar refractivity (Wildman–Crippen MR) is 62.2 cm³/mol. The average molecular weight is 230 g/mol. The molecule has 0 fully saturated rings. The van der Waals surface area contributed by atoms with Crippen molar-refractivity contribution in [1.29, 1.82) is 0 Å². The maximum absolute atomic E-state index is 11.1. The number of esters is 1. The maximum atomic E-state index is 11.1. The van der Waals surface area contributed by atoms with Crippen molar-refractivity contribution in [3.8, 4) is 0 Å². The van der Waals surface area contributed by atoms with Crippen molar-refractivity contribution in [2.75, 3.05) is 7.11 Å². The van der Waals surface area contributed by atoms with E-state index in [1.54, 1.807) is 12.1 Å². The molecule has 15 heavy (non-hydrogen) atoms. The smallest absolute Gasteiger partial charge is 0.337 e. The van der Waals surface area contributed by atoms with E-state index in [-0.39, 0.29) is 24.4 Å². The maximum Gasteiger partial charge on any atom is 0.337 e. The molecule has 0 spiro atoms. The number of benzene rings is 1. The standard InChI is InChI=1S/C11H15NO2.ClH/c1-3-10(12)8-4-6-9(7-5-8)11(13)14-2;/h4-7,10H,3,12H2,1-2H3;1H. The number of ether oxygens (including phenoxy) is 1. The highest BCUT2D eigenvalue weighted by Gasteiger charge is 2.06. The van der Waals surface area contributed by atoms with E-state index in [9.17, 15) is 4.79 Å². The fourth-order valence-corrected chi connectivity index (χ4v) is 1.22. The number of nitrogens with two attached hydrogens (primary N) is 1. The molecule has 1 unspecified atom stereocenters. The molecular formula is C11H16ClNO2. The first-order valence-corrected chi connectivity index (χ1v) is 4.63. The van der Waals surface area contributed by atoms with E-state index >= 15 is 0 Å². The quantitative estimate of drug-likeness (QED) is 0.810. The Morgan fingerprint density at radius 1 is 1.40 bits per heavy atom. The van der Waals surface area contributed by atoms with Crippen molar-refractivity contribution in [2.24, 2.45) is 5.73 Å². The van der Waals surface area contributed by atoms with E-state index in [4.69, 9.17) is 5.73 Å². The highest BCUT2D eigenvalue weighted by atomic mass is 35.5. The SMILES string of the molecule is CCC(N)c1ccc(C(=O)OC)cc1.Cl. The van der Waals surface area contributed by atoms with Crippen molar-refractivity contribution in [2.45, 2.75) is 19.4 Å². The molecule has 84 valence electrons. The summed E-state index contributed by atoms with van der Waals surface area (Å²) < 4.78 is 4.59. The number of halogens is 1. The number of hydrogen-bond acceptors (Lipinski definition) is 3. The van der Waals surface area contributed by atoms with E-state index in [0.29, 0.717) is 5.56 Å². The van der Waals surface area contributed by atoms with Crippen LogP contribution in [0.25, 0.3) is 0 Å². The molecule has 0 heterocycles. The van der Waals surface area contributed by atoms with Crippen LogP contribution in [-0.2, 0) is 4.74 Å². The lowest BCUT2D eigenvalue weighted by Gasteiger charge is -2.08. The molecule has 1 aromatic carbocycles. The highest BCUT2D eigenvalue weighted by Crippen LogP contribution is 2.14. The van der Waals surface area contributed by atoms with Gasteiger partial charge >= 0.3 is 5.97 Å². The van der Waals surface area contributed by atoms with Crippen molar-refractivity contribution < 1.29 is 9.53 Å². The average Bonchev–Trinajstić information content (AvgIpc) is 2.27. The van der Waals surface area contributed by atoms with Crippen molar-refractivity contribution in [3.63, 3.8) is 0 Å². The second kappa shape index (κ2) is 6.43. The summed E-state index contributed by atoms with van der Waals surface area (Å²) in [5.74, 6) is -0.318. The van der Waals surface area contributed by atoms with E-state index in [2.05, 4.69) is 4.74 Å². The largest absolute Gasteiger partial charge is 0.465 e. The van der Waals surface area contributed by atoms with Crippen LogP contribution >= 0.6 is 12.4 Å². The van der Waals surface area contributed by atoms with E-state index in [0.717, 1.165) is 12.0 Å². The Balaban J connectivity index is 0.00000196. The molecule has 0 amide bonds. The Labute approximate surface area is 96.0 Å². The van der Waals surface area contributed by atoms with Gasteiger partial charge in [0.1, 0.15) is 0 Å². The van der Waals surface area contributed by atoms with Gasteiger partial charge in [-0.1, -0.05) is 19.1 Å². The van der Waals surface area contributed by atoms with Gasteiger partial charge in [-0.3, -0.25) is 0 Å². The first kappa shape index (κ1) is 13.9. The summed E-state index contributed by atoms with van der Waals surface area (Å²) >= 11 is 0. The molecule has 0 radical (unpaired) electrons. The summed E-state index contributed by atoms with van der Waals surface area (Å²) in [4.78, 5) is 11.1. The van der Waals surface area contributed by atoms with Gasteiger partial charge in [-0.05, 0) is 24.1 Å². The fraction of sp³-hybridized carbons (Fsp3) is 0.364. The van der Waals surface area contributed by atoms with Gasteiger partial charge in [0.15, 0.2) is 0 Å². The zero-order valence-corrected chi connectivity index (χ0v) is 9.71. The van der Waals surface area contributed by atoms with Crippen LogP contribution in [0.5, 0.6) is 0 Å². The van der Waals surface area contributed by atoms with Crippen LogP contribution in [-0.4, -0.2) is 13.1 Å². The lowest BCUT2D eigenvalue weighted by Crippen LogP contribution is -2.09. The van der Waals surface area contributed by atoms with Crippen LogP contribution in [0.1, 0.15) is 35.3 Å². The second-order valence-electron chi connectivity index (χ2n) is 3.13. The number of carbonyl (C=O) groups is 1. The molecule has 3 nitrogen and oxygen atoms in total. The molecule has 1 rings (SSSR count). The molecule has 0 aromatic heterocycles. The van der Waals surface area contributed by atoms with Gasteiger partial charge in [0, 0.05) is 6.04 Å². The summed E-state index contributed by atoms with van der Waals surface area (Å²) in [6.45, 7) is 2.03. The van der Waals surface area contributed by atoms with Gasteiger partial charge in [0.05, 0.1) is 12.7 Å². The molecule has 0 saturated heterocycles. The highest BCUT2D eigenvalue weighted by molar-refractivity contribution is 5.89. The van der Waals surface area contributed by atoms with Crippen LogP contribution in [0.15, 0.2) is 24.3 Å². The van der Waals surface area contributed by atoms with E-state index < -0.39 is 0 Å². The Hall–Kier alpha value is -1.06. The van der Waals surface area contributed by atoms with E-state index in [1.807, 2.05) is 19.1 Å². The number of rotatable bonds is 3. The molecule has 0 saturated carbocycles. The third kappa shape index (κ3) is 3.53. The van der Waals surface area contributed by atoms with Gasteiger partial charge in [-0.25, -0.2) is 4.79 Å². The molecule has 2 N–H and O–H groups in total.